The van der Waals surface area contributed by atoms with E-state index < -0.39 is 5.60 Å². The maximum absolute atomic E-state index is 12.6. The third-order valence-corrected chi connectivity index (χ3v) is 5.11. The molecule has 1 aromatic carbocycles. The van der Waals surface area contributed by atoms with Gasteiger partial charge in [0.2, 0.25) is 5.60 Å². The highest BCUT2D eigenvalue weighted by molar-refractivity contribution is 6.01. The van der Waals surface area contributed by atoms with E-state index in [9.17, 15) is 4.79 Å². The number of rotatable bonds is 4. The van der Waals surface area contributed by atoms with Crippen LogP contribution in [0, 0.1) is 11.3 Å². The Morgan fingerprint density at radius 3 is 2.68 bits per heavy atom. The SMILES string of the molecule is COC(=O)C12CCCC1(Cc1ccccc1)C(C(C)C)=NO2. The van der Waals surface area contributed by atoms with Crippen LogP contribution < -0.4 is 0 Å². The Labute approximate surface area is 131 Å². The zero-order valence-electron chi connectivity index (χ0n) is 13.5. The van der Waals surface area contributed by atoms with E-state index in [2.05, 4.69) is 31.1 Å². The second-order valence-corrected chi connectivity index (χ2v) is 6.64. The lowest BCUT2D eigenvalue weighted by atomic mass is 9.65. The lowest BCUT2D eigenvalue weighted by Crippen LogP contribution is -2.54. The third-order valence-electron chi connectivity index (χ3n) is 5.11. The van der Waals surface area contributed by atoms with Crippen molar-refractivity contribution in [2.24, 2.45) is 16.5 Å². The van der Waals surface area contributed by atoms with E-state index in [0.717, 1.165) is 25.0 Å². The van der Waals surface area contributed by atoms with Crippen LogP contribution in [0.2, 0.25) is 0 Å². The zero-order valence-corrected chi connectivity index (χ0v) is 13.5. The average Bonchev–Trinajstić information content (AvgIpc) is 3.01. The molecule has 1 fully saturated rings. The first-order valence-electron chi connectivity index (χ1n) is 7.95. The first kappa shape index (κ1) is 15.1. The van der Waals surface area contributed by atoms with Crippen molar-refractivity contribution in [3.05, 3.63) is 35.9 Å². The summed E-state index contributed by atoms with van der Waals surface area (Å²) in [5, 5.41) is 4.35. The summed E-state index contributed by atoms with van der Waals surface area (Å²) >= 11 is 0. The molecule has 1 aromatic rings. The van der Waals surface area contributed by atoms with E-state index in [1.165, 1.54) is 12.7 Å². The highest BCUT2D eigenvalue weighted by Crippen LogP contribution is 2.57. The van der Waals surface area contributed by atoms with Crippen LogP contribution in [-0.2, 0) is 20.8 Å². The van der Waals surface area contributed by atoms with Gasteiger partial charge in [0.1, 0.15) is 0 Å². The molecule has 2 atom stereocenters. The maximum atomic E-state index is 12.6. The van der Waals surface area contributed by atoms with Gasteiger partial charge in [0, 0.05) is 6.42 Å². The van der Waals surface area contributed by atoms with Crippen molar-refractivity contribution in [1.29, 1.82) is 0 Å². The van der Waals surface area contributed by atoms with Crippen molar-refractivity contribution in [2.75, 3.05) is 7.11 Å². The van der Waals surface area contributed by atoms with E-state index in [-0.39, 0.29) is 17.3 Å². The van der Waals surface area contributed by atoms with Crippen LogP contribution in [0.5, 0.6) is 0 Å². The Kier molecular flexibility index (Phi) is 3.71. The Bertz CT molecular complexity index is 596. The molecule has 0 aromatic heterocycles. The molecule has 0 bridgehead atoms. The number of fused-ring (bicyclic) bond motifs is 1. The minimum absolute atomic E-state index is 0.244. The molecule has 0 radical (unpaired) electrons. The van der Waals surface area contributed by atoms with Gasteiger partial charge in [-0.1, -0.05) is 49.3 Å². The van der Waals surface area contributed by atoms with E-state index in [4.69, 9.17) is 9.57 Å². The average molecular weight is 301 g/mol. The second-order valence-electron chi connectivity index (χ2n) is 6.64. The van der Waals surface area contributed by atoms with Crippen molar-refractivity contribution in [3.63, 3.8) is 0 Å². The lowest BCUT2D eigenvalue weighted by Gasteiger charge is -2.37. The third kappa shape index (κ3) is 1.97. The zero-order chi connectivity index (χ0) is 15.8. The van der Waals surface area contributed by atoms with Crippen LogP contribution in [0.1, 0.15) is 38.7 Å². The molecule has 2 aliphatic rings. The second kappa shape index (κ2) is 5.41. The van der Waals surface area contributed by atoms with Gasteiger partial charge in [-0.15, -0.1) is 0 Å². The predicted octanol–water partition coefficient (Wildman–Crippen LogP) is 3.35. The largest absolute Gasteiger partial charge is 0.466 e. The summed E-state index contributed by atoms with van der Waals surface area (Å²) in [5.74, 6) is -0.0475. The van der Waals surface area contributed by atoms with Crippen LogP contribution in [0.15, 0.2) is 35.5 Å². The Morgan fingerprint density at radius 2 is 2.05 bits per heavy atom. The van der Waals surface area contributed by atoms with Crippen LogP contribution in [0.25, 0.3) is 0 Å². The number of oxime groups is 1. The van der Waals surface area contributed by atoms with Crippen molar-refractivity contribution < 1.29 is 14.4 Å². The van der Waals surface area contributed by atoms with E-state index in [0.29, 0.717) is 6.42 Å². The van der Waals surface area contributed by atoms with E-state index >= 15 is 0 Å². The number of hydrogen-bond donors (Lipinski definition) is 0. The van der Waals surface area contributed by atoms with Crippen LogP contribution >= 0.6 is 0 Å². The molecule has 4 heteroatoms. The summed E-state index contributed by atoms with van der Waals surface area (Å²) in [4.78, 5) is 18.3. The first-order chi connectivity index (χ1) is 10.6. The number of carbonyl (C=O) groups excluding carboxylic acids is 1. The van der Waals surface area contributed by atoms with Gasteiger partial charge in [0.25, 0.3) is 0 Å². The van der Waals surface area contributed by atoms with Gasteiger partial charge in [0.15, 0.2) is 0 Å². The minimum Gasteiger partial charge on any atom is -0.466 e. The molecule has 1 saturated carbocycles. The smallest absolute Gasteiger partial charge is 0.354 e. The summed E-state index contributed by atoms with van der Waals surface area (Å²) in [7, 11) is 1.43. The Hall–Kier alpha value is -1.84. The van der Waals surface area contributed by atoms with Crippen LogP contribution in [0.3, 0.4) is 0 Å². The Balaban J connectivity index is 2.07. The minimum atomic E-state index is -0.947. The number of carbonyl (C=O) groups is 1. The highest BCUT2D eigenvalue weighted by Gasteiger charge is 2.69. The molecule has 1 aliphatic heterocycles. The number of ether oxygens (including phenoxy) is 1. The standard InChI is InChI=1S/C18H23NO3/c1-13(2)15-17(12-14-8-5-4-6-9-14)10-7-11-18(17,22-19-15)16(20)21-3/h4-6,8-9,13H,7,10-12H2,1-3H3. The molecule has 22 heavy (non-hydrogen) atoms. The number of benzene rings is 1. The fourth-order valence-electron chi connectivity index (χ4n) is 4.19. The van der Waals surface area contributed by atoms with Crippen LogP contribution in [0.4, 0.5) is 0 Å². The summed E-state index contributed by atoms with van der Waals surface area (Å²) in [6.45, 7) is 4.22. The van der Waals surface area contributed by atoms with Crippen molar-refractivity contribution >= 4 is 11.7 Å². The van der Waals surface area contributed by atoms with Gasteiger partial charge in [-0.2, -0.15) is 0 Å². The molecular weight excluding hydrogens is 278 g/mol. The number of hydrogen-bond acceptors (Lipinski definition) is 4. The number of nitrogens with zero attached hydrogens (tertiary/aromatic N) is 1. The fraction of sp³-hybridized carbons (Fsp3) is 0.556. The highest BCUT2D eigenvalue weighted by atomic mass is 16.7. The molecular formula is C18H23NO3. The van der Waals surface area contributed by atoms with Gasteiger partial charge in [-0.3, -0.25) is 0 Å². The van der Waals surface area contributed by atoms with E-state index in [1.807, 2.05) is 18.2 Å². The summed E-state index contributed by atoms with van der Waals surface area (Å²) in [6.07, 6.45) is 3.30. The van der Waals surface area contributed by atoms with Crippen molar-refractivity contribution in [2.45, 2.75) is 45.1 Å². The lowest BCUT2D eigenvalue weighted by molar-refractivity contribution is -0.174. The molecule has 0 N–H and O–H groups in total. The molecule has 1 heterocycles. The molecule has 4 nitrogen and oxygen atoms in total. The number of methoxy groups -OCH3 is 1. The van der Waals surface area contributed by atoms with E-state index in [1.54, 1.807) is 0 Å². The summed E-state index contributed by atoms with van der Waals surface area (Å²) < 4.78 is 5.09. The molecule has 118 valence electrons. The molecule has 1 aliphatic carbocycles. The first-order valence-corrected chi connectivity index (χ1v) is 7.95. The quantitative estimate of drug-likeness (QED) is 0.801. The van der Waals surface area contributed by atoms with Gasteiger partial charge in [-0.25, -0.2) is 4.79 Å². The Morgan fingerprint density at radius 1 is 1.32 bits per heavy atom. The van der Waals surface area contributed by atoms with Crippen molar-refractivity contribution in [3.8, 4) is 0 Å². The van der Waals surface area contributed by atoms with Gasteiger partial charge >= 0.3 is 5.97 Å². The normalized spacial score (nSPS) is 29.9. The van der Waals surface area contributed by atoms with Crippen LogP contribution in [-0.4, -0.2) is 24.4 Å². The molecule has 0 saturated heterocycles. The fourth-order valence-corrected chi connectivity index (χ4v) is 4.19. The van der Waals surface area contributed by atoms with Gasteiger partial charge in [0.05, 0.1) is 18.2 Å². The molecule has 3 rings (SSSR count). The van der Waals surface area contributed by atoms with Gasteiger partial charge < -0.3 is 9.57 Å². The molecule has 0 spiro atoms. The maximum Gasteiger partial charge on any atom is 0.354 e. The predicted molar refractivity (Wildman–Crippen MR) is 84.5 cm³/mol. The summed E-state index contributed by atoms with van der Waals surface area (Å²) in [6, 6.07) is 10.3. The molecule has 0 amide bonds. The van der Waals surface area contributed by atoms with Crippen molar-refractivity contribution in [1.82, 2.24) is 0 Å². The molecule has 2 unspecified atom stereocenters. The topological polar surface area (TPSA) is 47.9 Å². The van der Waals surface area contributed by atoms with Gasteiger partial charge in [-0.05, 0) is 30.7 Å². The summed E-state index contributed by atoms with van der Waals surface area (Å²) in [5.41, 5.74) is 0.878. The number of esters is 1. The monoisotopic (exact) mass is 301 g/mol.